The predicted molar refractivity (Wildman–Crippen MR) is 51.7 cm³/mol. The smallest absolute Gasteiger partial charge is 0.142 e. The van der Waals surface area contributed by atoms with E-state index in [0.29, 0.717) is 5.69 Å². The van der Waals surface area contributed by atoms with Crippen molar-refractivity contribution >= 4 is 16.7 Å². The number of rotatable bonds is 1. The molecule has 13 heavy (non-hydrogen) atoms. The Morgan fingerprint density at radius 1 is 1.46 bits per heavy atom. The summed E-state index contributed by atoms with van der Waals surface area (Å²) in [6.07, 6.45) is 0. The fourth-order valence-electron chi connectivity index (χ4n) is 1.47. The third kappa shape index (κ3) is 1.07. The van der Waals surface area contributed by atoms with Gasteiger partial charge in [0.1, 0.15) is 11.5 Å². The lowest BCUT2D eigenvalue weighted by molar-refractivity contribution is 0.770. The van der Waals surface area contributed by atoms with Crippen molar-refractivity contribution in [3.63, 3.8) is 0 Å². The van der Waals surface area contributed by atoms with E-state index in [2.05, 4.69) is 5.10 Å². The highest BCUT2D eigenvalue weighted by Crippen LogP contribution is 2.16. The van der Waals surface area contributed by atoms with E-state index in [4.69, 9.17) is 11.1 Å². The molecule has 0 spiro atoms. The minimum Gasteiger partial charge on any atom is -0.382 e. The summed E-state index contributed by atoms with van der Waals surface area (Å²) >= 11 is 0. The molecule has 0 saturated carbocycles. The standard InChI is InChI=1S/C9H10N4/c1-13-8(9(10)11)6-4-2-3-5-7(6)12-13/h2-5H,1H3,(H3,10,11). The maximum absolute atomic E-state index is 7.39. The molecule has 0 aliphatic carbocycles. The number of nitrogens with one attached hydrogen (secondary N) is 1. The second kappa shape index (κ2) is 2.58. The minimum absolute atomic E-state index is 0.0520. The van der Waals surface area contributed by atoms with Crippen LogP contribution in [0.25, 0.3) is 10.9 Å². The summed E-state index contributed by atoms with van der Waals surface area (Å²) in [7, 11) is 1.79. The lowest BCUT2D eigenvalue weighted by Crippen LogP contribution is -2.15. The summed E-state index contributed by atoms with van der Waals surface area (Å²) in [6, 6.07) is 7.65. The number of aromatic nitrogens is 2. The molecule has 0 radical (unpaired) electrons. The Hall–Kier alpha value is -1.84. The monoisotopic (exact) mass is 174 g/mol. The number of hydrogen-bond acceptors (Lipinski definition) is 2. The van der Waals surface area contributed by atoms with Gasteiger partial charge in [-0.1, -0.05) is 18.2 Å². The van der Waals surface area contributed by atoms with Crippen LogP contribution in [-0.2, 0) is 7.05 Å². The van der Waals surface area contributed by atoms with Gasteiger partial charge < -0.3 is 5.73 Å². The van der Waals surface area contributed by atoms with Crippen molar-refractivity contribution in [3.8, 4) is 0 Å². The Morgan fingerprint density at radius 2 is 2.15 bits per heavy atom. The maximum Gasteiger partial charge on any atom is 0.142 e. The molecule has 0 saturated heterocycles. The van der Waals surface area contributed by atoms with Crippen LogP contribution in [-0.4, -0.2) is 15.6 Å². The van der Waals surface area contributed by atoms with E-state index >= 15 is 0 Å². The SMILES string of the molecule is Cn1nc2ccccc2c1C(=N)N. The van der Waals surface area contributed by atoms with E-state index in [1.165, 1.54) is 0 Å². The van der Waals surface area contributed by atoms with Crippen LogP contribution in [0.5, 0.6) is 0 Å². The number of nitrogens with two attached hydrogens (primary N) is 1. The predicted octanol–water partition coefficient (Wildman–Crippen LogP) is 0.857. The molecule has 66 valence electrons. The van der Waals surface area contributed by atoms with Crippen LogP contribution in [0.1, 0.15) is 5.69 Å². The number of fused-ring (bicyclic) bond motifs is 1. The molecule has 1 aromatic heterocycles. The molecular formula is C9H10N4. The van der Waals surface area contributed by atoms with Crippen LogP contribution in [0.15, 0.2) is 24.3 Å². The fraction of sp³-hybridized carbons (Fsp3) is 0.111. The highest BCUT2D eigenvalue weighted by atomic mass is 15.3. The first-order valence-corrected chi connectivity index (χ1v) is 3.96. The number of aryl methyl sites for hydroxylation is 1. The van der Waals surface area contributed by atoms with Crippen LogP contribution < -0.4 is 5.73 Å². The summed E-state index contributed by atoms with van der Waals surface area (Å²) in [5.74, 6) is 0.0520. The Balaban J connectivity index is 2.86. The Bertz CT molecular complexity index is 469. The van der Waals surface area contributed by atoms with Gasteiger partial charge in [0.05, 0.1) is 5.52 Å². The molecule has 1 aromatic carbocycles. The molecular weight excluding hydrogens is 164 g/mol. The second-order valence-electron chi connectivity index (χ2n) is 2.90. The normalized spacial score (nSPS) is 10.5. The Morgan fingerprint density at radius 3 is 2.85 bits per heavy atom. The van der Waals surface area contributed by atoms with Gasteiger partial charge >= 0.3 is 0 Å². The van der Waals surface area contributed by atoms with Crippen molar-refractivity contribution in [3.05, 3.63) is 30.0 Å². The van der Waals surface area contributed by atoms with E-state index in [1.54, 1.807) is 11.7 Å². The van der Waals surface area contributed by atoms with Crippen LogP contribution in [0, 0.1) is 5.41 Å². The van der Waals surface area contributed by atoms with Crippen molar-refractivity contribution in [2.24, 2.45) is 12.8 Å². The molecule has 0 amide bonds. The van der Waals surface area contributed by atoms with Gasteiger partial charge in [-0.2, -0.15) is 5.10 Å². The highest BCUT2D eigenvalue weighted by Gasteiger charge is 2.09. The Labute approximate surface area is 75.5 Å². The number of nitrogen functional groups attached to an aromatic ring is 1. The maximum atomic E-state index is 7.39. The zero-order valence-corrected chi connectivity index (χ0v) is 7.28. The first kappa shape index (κ1) is 7.79. The molecule has 3 N–H and O–H groups in total. The molecule has 0 atom stereocenters. The number of nitrogens with zero attached hydrogens (tertiary/aromatic N) is 2. The molecule has 4 nitrogen and oxygen atoms in total. The van der Waals surface area contributed by atoms with Crippen molar-refractivity contribution in [1.29, 1.82) is 5.41 Å². The molecule has 4 heteroatoms. The van der Waals surface area contributed by atoms with Crippen LogP contribution in [0.4, 0.5) is 0 Å². The molecule has 0 unspecified atom stereocenters. The van der Waals surface area contributed by atoms with Crippen LogP contribution >= 0.6 is 0 Å². The van der Waals surface area contributed by atoms with Crippen molar-refractivity contribution in [1.82, 2.24) is 9.78 Å². The first-order chi connectivity index (χ1) is 6.20. The highest BCUT2D eigenvalue weighted by molar-refractivity contribution is 6.05. The zero-order valence-electron chi connectivity index (χ0n) is 7.28. The van der Waals surface area contributed by atoms with Gasteiger partial charge in [-0.15, -0.1) is 0 Å². The van der Waals surface area contributed by atoms with E-state index < -0.39 is 0 Å². The number of benzene rings is 1. The average molecular weight is 174 g/mol. The van der Waals surface area contributed by atoms with E-state index in [1.807, 2.05) is 24.3 Å². The van der Waals surface area contributed by atoms with Gasteiger partial charge in [0.25, 0.3) is 0 Å². The van der Waals surface area contributed by atoms with Gasteiger partial charge in [-0.25, -0.2) is 0 Å². The van der Waals surface area contributed by atoms with Crippen LogP contribution in [0.2, 0.25) is 0 Å². The summed E-state index contributed by atoms with van der Waals surface area (Å²) in [4.78, 5) is 0. The van der Waals surface area contributed by atoms with E-state index in [9.17, 15) is 0 Å². The molecule has 1 heterocycles. The molecule has 2 aromatic rings. The van der Waals surface area contributed by atoms with Gasteiger partial charge in [-0.3, -0.25) is 10.1 Å². The van der Waals surface area contributed by atoms with Crippen molar-refractivity contribution in [2.75, 3.05) is 0 Å². The second-order valence-corrected chi connectivity index (χ2v) is 2.90. The first-order valence-electron chi connectivity index (χ1n) is 3.96. The lowest BCUT2D eigenvalue weighted by Gasteiger charge is -1.97. The molecule has 0 aliphatic heterocycles. The van der Waals surface area contributed by atoms with Crippen molar-refractivity contribution in [2.45, 2.75) is 0 Å². The van der Waals surface area contributed by atoms with Gasteiger partial charge in [0.2, 0.25) is 0 Å². The molecule has 0 aliphatic rings. The molecule has 0 bridgehead atoms. The van der Waals surface area contributed by atoms with Gasteiger partial charge in [0.15, 0.2) is 0 Å². The van der Waals surface area contributed by atoms with Gasteiger partial charge in [-0.05, 0) is 6.07 Å². The largest absolute Gasteiger partial charge is 0.382 e. The number of hydrogen-bond donors (Lipinski definition) is 2. The molecule has 2 rings (SSSR count). The summed E-state index contributed by atoms with van der Waals surface area (Å²) in [5.41, 5.74) is 6.99. The quantitative estimate of drug-likeness (QED) is 0.497. The topological polar surface area (TPSA) is 67.7 Å². The van der Waals surface area contributed by atoms with E-state index in [-0.39, 0.29) is 5.84 Å². The summed E-state index contributed by atoms with van der Waals surface area (Å²) in [5, 5.41) is 12.6. The van der Waals surface area contributed by atoms with Gasteiger partial charge in [0, 0.05) is 12.4 Å². The number of amidine groups is 1. The zero-order chi connectivity index (χ0) is 9.42. The third-order valence-corrected chi connectivity index (χ3v) is 2.00. The fourth-order valence-corrected chi connectivity index (χ4v) is 1.47. The van der Waals surface area contributed by atoms with Crippen LogP contribution in [0.3, 0.4) is 0 Å². The lowest BCUT2D eigenvalue weighted by atomic mass is 10.2. The minimum atomic E-state index is 0.0520. The van der Waals surface area contributed by atoms with E-state index in [0.717, 1.165) is 10.9 Å². The summed E-state index contributed by atoms with van der Waals surface area (Å²) in [6.45, 7) is 0. The summed E-state index contributed by atoms with van der Waals surface area (Å²) < 4.78 is 1.63. The average Bonchev–Trinajstić information content (AvgIpc) is 2.39. The molecule has 0 fully saturated rings. The third-order valence-electron chi connectivity index (χ3n) is 2.00. The van der Waals surface area contributed by atoms with Crippen molar-refractivity contribution < 1.29 is 0 Å². The Kier molecular flexibility index (Phi) is 1.55.